The predicted molar refractivity (Wildman–Crippen MR) is 81.0 cm³/mol. The molecule has 0 bridgehead atoms. The first kappa shape index (κ1) is 12.9. The van der Waals surface area contributed by atoms with E-state index in [2.05, 4.69) is 18.2 Å². The first-order chi connectivity index (χ1) is 9.65. The SMILES string of the molecule is CN1C(=O)S/C(=C\C2=CC=C(c3ccccc3)C2)C1=O. The molecule has 2 amide bonds. The van der Waals surface area contributed by atoms with Crippen molar-refractivity contribution in [2.24, 2.45) is 0 Å². The molecule has 1 aromatic carbocycles. The molecule has 100 valence electrons. The molecule has 1 aromatic rings. The molecule has 20 heavy (non-hydrogen) atoms. The van der Waals surface area contributed by atoms with Crippen LogP contribution in [-0.4, -0.2) is 23.1 Å². The summed E-state index contributed by atoms with van der Waals surface area (Å²) in [6.45, 7) is 0. The van der Waals surface area contributed by atoms with Crippen molar-refractivity contribution in [3.8, 4) is 0 Å². The number of nitrogens with zero attached hydrogens (tertiary/aromatic N) is 1. The Kier molecular flexibility index (Phi) is 3.32. The third kappa shape index (κ3) is 2.34. The standard InChI is InChI=1S/C16H13NO2S/c1-17-15(18)14(20-16(17)19)10-11-7-8-13(9-11)12-5-3-2-4-6-12/h2-8,10H,9H2,1H3/b14-10-. The molecule has 1 heterocycles. The Bertz CT molecular complexity index is 671. The molecule has 4 heteroatoms. The summed E-state index contributed by atoms with van der Waals surface area (Å²) >= 11 is 1.00. The van der Waals surface area contributed by atoms with Crippen LogP contribution in [0.5, 0.6) is 0 Å². The zero-order valence-electron chi connectivity index (χ0n) is 11.0. The third-order valence-electron chi connectivity index (χ3n) is 3.34. The van der Waals surface area contributed by atoms with Crippen molar-refractivity contribution in [2.45, 2.75) is 6.42 Å². The lowest BCUT2D eigenvalue weighted by Crippen LogP contribution is -2.22. The number of rotatable bonds is 2. The quantitative estimate of drug-likeness (QED) is 0.778. The number of hydrogen-bond acceptors (Lipinski definition) is 3. The monoisotopic (exact) mass is 283 g/mol. The van der Waals surface area contributed by atoms with Crippen LogP contribution in [0.4, 0.5) is 4.79 Å². The van der Waals surface area contributed by atoms with E-state index < -0.39 is 0 Å². The molecule has 0 unspecified atom stereocenters. The Hall–Kier alpha value is -2.07. The summed E-state index contributed by atoms with van der Waals surface area (Å²) in [5, 5.41) is -0.212. The van der Waals surface area contributed by atoms with Gasteiger partial charge in [-0.1, -0.05) is 42.5 Å². The number of imide groups is 1. The molecule has 0 aromatic heterocycles. The van der Waals surface area contributed by atoms with Crippen LogP contribution in [0.1, 0.15) is 12.0 Å². The molecule has 3 rings (SSSR count). The molecule has 1 saturated heterocycles. The lowest BCUT2D eigenvalue weighted by molar-refractivity contribution is -0.121. The highest BCUT2D eigenvalue weighted by Gasteiger charge is 2.32. The van der Waals surface area contributed by atoms with Crippen molar-refractivity contribution in [1.29, 1.82) is 0 Å². The Morgan fingerprint density at radius 3 is 2.55 bits per heavy atom. The van der Waals surface area contributed by atoms with Gasteiger partial charge in [0.05, 0.1) is 4.91 Å². The lowest BCUT2D eigenvalue weighted by atomic mass is 10.0. The molecule has 0 saturated carbocycles. The van der Waals surface area contributed by atoms with E-state index in [9.17, 15) is 9.59 Å². The molecule has 1 aliphatic carbocycles. The van der Waals surface area contributed by atoms with Crippen LogP contribution in [0.15, 0.2) is 59.0 Å². The van der Waals surface area contributed by atoms with Crippen molar-refractivity contribution < 1.29 is 9.59 Å². The van der Waals surface area contributed by atoms with Crippen LogP contribution in [0.25, 0.3) is 5.57 Å². The first-order valence-electron chi connectivity index (χ1n) is 6.32. The Balaban J connectivity index is 1.74. The minimum Gasteiger partial charge on any atom is -0.272 e. The van der Waals surface area contributed by atoms with Gasteiger partial charge in [0.1, 0.15) is 0 Å². The topological polar surface area (TPSA) is 37.4 Å². The number of carbonyl (C=O) groups is 2. The van der Waals surface area contributed by atoms with E-state index in [1.807, 2.05) is 30.4 Å². The normalized spacial score (nSPS) is 20.6. The van der Waals surface area contributed by atoms with Crippen molar-refractivity contribution in [2.75, 3.05) is 7.05 Å². The van der Waals surface area contributed by atoms with Crippen LogP contribution in [0.2, 0.25) is 0 Å². The van der Waals surface area contributed by atoms with Gasteiger partial charge < -0.3 is 0 Å². The predicted octanol–water partition coefficient (Wildman–Crippen LogP) is 3.61. The molecule has 3 nitrogen and oxygen atoms in total. The Morgan fingerprint density at radius 2 is 1.90 bits per heavy atom. The minimum absolute atomic E-state index is 0.212. The Labute approximate surface area is 121 Å². The maximum atomic E-state index is 11.8. The fraction of sp³-hybridized carbons (Fsp3) is 0.125. The summed E-state index contributed by atoms with van der Waals surface area (Å²) in [4.78, 5) is 24.9. The van der Waals surface area contributed by atoms with Crippen molar-refractivity contribution in [3.63, 3.8) is 0 Å². The summed E-state index contributed by atoms with van der Waals surface area (Å²) in [5.41, 5.74) is 3.48. The summed E-state index contributed by atoms with van der Waals surface area (Å²) in [5.74, 6) is -0.214. The van der Waals surface area contributed by atoms with Gasteiger partial charge in [-0.25, -0.2) is 0 Å². The molecule has 0 atom stereocenters. The van der Waals surface area contributed by atoms with Crippen LogP contribution < -0.4 is 0 Å². The summed E-state index contributed by atoms with van der Waals surface area (Å²) < 4.78 is 0. The highest BCUT2D eigenvalue weighted by molar-refractivity contribution is 8.18. The maximum absolute atomic E-state index is 11.8. The number of benzene rings is 1. The fourth-order valence-corrected chi connectivity index (χ4v) is 3.05. The zero-order valence-corrected chi connectivity index (χ0v) is 11.8. The molecular formula is C16H13NO2S. The van der Waals surface area contributed by atoms with E-state index in [0.29, 0.717) is 4.91 Å². The first-order valence-corrected chi connectivity index (χ1v) is 7.13. The smallest absolute Gasteiger partial charge is 0.272 e. The second kappa shape index (κ2) is 5.13. The molecule has 0 N–H and O–H groups in total. The maximum Gasteiger partial charge on any atom is 0.293 e. The number of carbonyl (C=O) groups excluding carboxylic acids is 2. The van der Waals surface area contributed by atoms with E-state index in [-0.39, 0.29) is 11.1 Å². The molecule has 2 aliphatic rings. The highest BCUT2D eigenvalue weighted by Crippen LogP contribution is 2.34. The van der Waals surface area contributed by atoms with Crippen molar-refractivity contribution in [1.82, 2.24) is 4.90 Å². The highest BCUT2D eigenvalue weighted by atomic mass is 32.2. The van der Waals surface area contributed by atoms with E-state index in [1.165, 1.54) is 18.2 Å². The van der Waals surface area contributed by atoms with E-state index in [1.54, 1.807) is 0 Å². The van der Waals surface area contributed by atoms with Crippen LogP contribution >= 0.6 is 11.8 Å². The van der Waals surface area contributed by atoms with Gasteiger partial charge in [-0.15, -0.1) is 0 Å². The average molecular weight is 283 g/mol. The zero-order chi connectivity index (χ0) is 14.1. The number of likely N-dealkylation sites (N-methyl/N-ethyl adjacent to an activating group) is 1. The largest absolute Gasteiger partial charge is 0.293 e. The van der Waals surface area contributed by atoms with Crippen LogP contribution in [0, 0.1) is 0 Å². The number of amides is 2. The molecule has 0 radical (unpaired) electrons. The van der Waals surface area contributed by atoms with Gasteiger partial charge in [-0.05, 0) is 41.0 Å². The van der Waals surface area contributed by atoms with E-state index >= 15 is 0 Å². The van der Waals surface area contributed by atoms with Gasteiger partial charge in [0.25, 0.3) is 11.1 Å². The second-order valence-corrected chi connectivity index (χ2v) is 5.71. The van der Waals surface area contributed by atoms with Gasteiger partial charge in [-0.2, -0.15) is 0 Å². The average Bonchev–Trinajstić information content (AvgIpc) is 3.02. The molecule has 0 spiro atoms. The lowest BCUT2D eigenvalue weighted by Gasteiger charge is -2.03. The van der Waals surface area contributed by atoms with Gasteiger partial charge in [-0.3, -0.25) is 14.5 Å². The molecule has 1 aliphatic heterocycles. The van der Waals surface area contributed by atoms with Gasteiger partial charge in [0, 0.05) is 7.05 Å². The molecular weight excluding hydrogens is 270 g/mol. The summed E-state index contributed by atoms with van der Waals surface area (Å²) in [6, 6.07) is 10.2. The summed E-state index contributed by atoms with van der Waals surface area (Å²) in [7, 11) is 1.51. The summed E-state index contributed by atoms with van der Waals surface area (Å²) in [6.07, 6.45) is 6.68. The number of thioether (sulfide) groups is 1. The van der Waals surface area contributed by atoms with Gasteiger partial charge in [0.2, 0.25) is 0 Å². The van der Waals surface area contributed by atoms with Crippen molar-refractivity contribution in [3.05, 3.63) is 64.6 Å². The van der Waals surface area contributed by atoms with E-state index in [0.717, 1.165) is 28.7 Å². The van der Waals surface area contributed by atoms with Gasteiger partial charge in [0.15, 0.2) is 0 Å². The second-order valence-electron chi connectivity index (χ2n) is 4.72. The van der Waals surface area contributed by atoms with Gasteiger partial charge >= 0.3 is 0 Å². The van der Waals surface area contributed by atoms with Crippen LogP contribution in [0.3, 0.4) is 0 Å². The Morgan fingerprint density at radius 1 is 1.15 bits per heavy atom. The number of hydrogen-bond donors (Lipinski definition) is 0. The number of allylic oxidation sites excluding steroid dienone is 5. The van der Waals surface area contributed by atoms with Crippen LogP contribution in [-0.2, 0) is 4.79 Å². The van der Waals surface area contributed by atoms with E-state index in [4.69, 9.17) is 0 Å². The van der Waals surface area contributed by atoms with Crippen molar-refractivity contribution >= 4 is 28.5 Å². The fourth-order valence-electron chi connectivity index (χ4n) is 2.21. The molecule has 1 fully saturated rings. The minimum atomic E-state index is -0.214. The third-order valence-corrected chi connectivity index (χ3v) is 4.30.